The molecule has 0 saturated carbocycles. The number of rotatable bonds is 8. The molecule has 2 rings (SSSR count). The van der Waals surface area contributed by atoms with Gasteiger partial charge in [-0.25, -0.2) is 0 Å². The normalized spacial score (nSPS) is 10.4. The molecule has 2 nitrogen and oxygen atoms in total. The van der Waals surface area contributed by atoms with E-state index in [0.29, 0.717) is 15.6 Å². The molecular formula is C20H21Cl2NO. The summed E-state index contributed by atoms with van der Waals surface area (Å²) in [5, 5.41) is 9.90. The van der Waals surface area contributed by atoms with E-state index in [1.165, 1.54) is 25.7 Å². The Labute approximate surface area is 154 Å². The summed E-state index contributed by atoms with van der Waals surface area (Å²) in [6.07, 6.45) is 6.11. The zero-order valence-corrected chi connectivity index (χ0v) is 15.3. The third kappa shape index (κ3) is 5.16. The van der Waals surface area contributed by atoms with Crippen molar-refractivity contribution in [3.63, 3.8) is 0 Å². The summed E-state index contributed by atoms with van der Waals surface area (Å²) in [5.74, 6) is 0.843. The fourth-order valence-electron chi connectivity index (χ4n) is 2.53. The lowest BCUT2D eigenvalue weighted by molar-refractivity contribution is 0.304. The Bertz CT molecular complexity index is 682. The standard InChI is InChI=1S/C20H21Cl2NO/c1-2-3-4-5-6-11-24-17-9-7-16(8-10-17)20-18(21)12-15(14-23)13-19(20)22/h7-10,12-13H,2-6,11H2,1H3. The fourth-order valence-corrected chi connectivity index (χ4v) is 3.23. The maximum absolute atomic E-state index is 8.95. The minimum atomic E-state index is 0.455. The average molecular weight is 362 g/mol. The van der Waals surface area contributed by atoms with E-state index in [1.807, 2.05) is 30.3 Å². The predicted molar refractivity (Wildman–Crippen MR) is 101 cm³/mol. The lowest BCUT2D eigenvalue weighted by atomic mass is 10.0. The van der Waals surface area contributed by atoms with Crippen molar-refractivity contribution in [1.29, 1.82) is 5.26 Å². The molecule has 0 aromatic heterocycles. The molecular weight excluding hydrogens is 341 g/mol. The second-order valence-electron chi connectivity index (χ2n) is 5.71. The lowest BCUT2D eigenvalue weighted by Gasteiger charge is -2.10. The van der Waals surface area contributed by atoms with Crippen molar-refractivity contribution >= 4 is 23.2 Å². The molecule has 0 radical (unpaired) electrons. The van der Waals surface area contributed by atoms with Gasteiger partial charge in [-0.15, -0.1) is 0 Å². The van der Waals surface area contributed by atoms with Gasteiger partial charge in [-0.1, -0.05) is 67.9 Å². The highest BCUT2D eigenvalue weighted by Gasteiger charge is 2.10. The van der Waals surface area contributed by atoms with Crippen LogP contribution in [0.5, 0.6) is 5.75 Å². The van der Waals surface area contributed by atoms with Crippen molar-refractivity contribution in [3.05, 3.63) is 52.0 Å². The molecule has 24 heavy (non-hydrogen) atoms. The zero-order chi connectivity index (χ0) is 17.4. The van der Waals surface area contributed by atoms with Crippen LogP contribution in [0.4, 0.5) is 0 Å². The van der Waals surface area contributed by atoms with Crippen LogP contribution in [-0.4, -0.2) is 6.61 Å². The molecule has 2 aromatic carbocycles. The molecule has 126 valence electrons. The molecule has 0 saturated heterocycles. The van der Waals surface area contributed by atoms with E-state index in [4.69, 9.17) is 33.2 Å². The molecule has 4 heteroatoms. The summed E-state index contributed by atoms with van der Waals surface area (Å²) < 4.78 is 5.77. The Hall–Kier alpha value is -1.69. The Kier molecular flexibility index (Phi) is 7.43. The van der Waals surface area contributed by atoms with Crippen LogP contribution in [0.3, 0.4) is 0 Å². The Balaban J connectivity index is 1.99. The monoisotopic (exact) mass is 361 g/mol. The zero-order valence-electron chi connectivity index (χ0n) is 13.8. The first-order valence-corrected chi connectivity index (χ1v) is 9.03. The van der Waals surface area contributed by atoms with Crippen LogP contribution in [0.2, 0.25) is 10.0 Å². The number of hydrogen-bond acceptors (Lipinski definition) is 2. The van der Waals surface area contributed by atoms with Crippen LogP contribution in [0.1, 0.15) is 44.6 Å². The minimum Gasteiger partial charge on any atom is -0.494 e. The Morgan fingerprint density at radius 3 is 2.17 bits per heavy atom. The van der Waals surface area contributed by atoms with Gasteiger partial charge in [0.05, 0.1) is 28.3 Å². The van der Waals surface area contributed by atoms with Crippen LogP contribution < -0.4 is 4.74 Å². The highest BCUT2D eigenvalue weighted by Crippen LogP contribution is 2.36. The molecule has 0 aliphatic heterocycles. The van der Waals surface area contributed by atoms with Crippen LogP contribution in [0.25, 0.3) is 11.1 Å². The summed E-state index contributed by atoms with van der Waals surface area (Å²) in [4.78, 5) is 0. The molecule has 0 atom stereocenters. The van der Waals surface area contributed by atoms with Crippen molar-refractivity contribution in [1.82, 2.24) is 0 Å². The first-order valence-electron chi connectivity index (χ1n) is 8.28. The van der Waals surface area contributed by atoms with E-state index < -0.39 is 0 Å². The van der Waals surface area contributed by atoms with E-state index in [0.717, 1.165) is 29.9 Å². The van der Waals surface area contributed by atoms with Gasteiger partial charge < -0.3 is 4.74 Å². The van der Waals surface area contributed by atoms with Crippen molar-refractivity contribution in [2.75, 3.05) is 6.61 Å². The van der Waals surface area contributed by atoms with Gasteiger partial charge in [0.25, 0.3) is 0 Å². The second kappa shape index (κ2) is 9.57. The van der Waals surface area contributed by atoms with E-state index >= 15 is 0 Å². The van der Waals surface area contributed by atoms with Crippen molar-refractivity contribution in [2.45, 2.75) is 39.0 Å². The molecule has 0 aliphatic carbocycles. The first-order chi connectivity index (χ1) is 11.7. The molecule has 0 fully saturated rings. The molecule has 0 unspecified atom stereocenters. The summed E-state index contributed by atoms with van der Waals surface area (Å²) in [6.45, 7) is 2.95. The van der Waals surface area contributed by atoms with E-state index in [-0.39, 0.29) is 0 Å². The molecule has 0 N–H and O–H groups in total. The summed E-state index contributed by atoms with van der Waals surface area (Å²) in [6, 6.07) is 13.0. The number of nitrogens with zero attached hydrogens (tertiary/aromatic N) is 1. The molecule has 0 aliphatic rings. The SMILES string of the molecule is CCCCCCCOc1ccc(-c2c(Cl)cc(C#N)cc2Cl)cc1. The van der Waals surface area contributed by atoms with Crippen LogP contribution in [-0.2, 0) is 0 Å². The van der Waals surface area contributed by atoms with Gasteiger partial charge in [0, 0.05) is 5.56 Å². The van der Waals surface area contributed by atoms with Gasteiger partial charge >= 0.3 is 0 Å². The maximum atomic E-state index is 8.95. The number of nitriles is 1. The maximum Gasteiger partial charge on any atom is 0.119 e. The van der Waals surface area contributed by atoms with Crippen LogP contribution >= 0.6 is 23.2 Å². The second-order valence-corrected chi connectivity index (χ2v) is 6.53. The van der Waals surface area contributed by atoms with E-state index in [2.05, 4.69) is 6.92 Å². The molecule has 0 bridgehead atoms. The highest BCUT2D eigenvalue weighted by atomic mass is 35.5. The third-order valence-corrected chi connectivity index (χ3v) is 4.43. The lowest BCUT2D eigenvalue weighted by Crippen LogP contribution is -1.97. The number of ether oxygens (including phenoxy) is 1. The summed E-state index contributed by atoms with van der Waals surface area (Å²) >= 11 is 12.5. The minimum absolute atomic E-state index is 0.455. The predicted octanol–water partition coefficient (Wildman–Crippen LogP) is 6.88. The van der Waals surface area contributed by atoms with Crippen molar-refractivity contribution < 1.29 is 4.74 Å². The topological polar surface area (TPSA) is 33.0 Å². The Morgan fingerprint density at radius 2 is 1.58 bits per heavy atom. The van der Waals surface area contributed by atoms with E-state index in [1.54, 1.807) is 12.1 Å². The molecule has 0 heterocycles. The quantitative estimate of drug-likeness (QED) is 0.480. The molecule has 0 amide bonds. The number of hydrogen-bond donors (Lipinski definition) is 0. The van der Waals surface area contributed by atoms with Gasteiger partial charge in [0.2, 0.25) is 0 Å². The van der Waals surface area contributed by atoms with Gasteiger partial charge in [0.15, 0.2) is 0 Å². The van der Waals surface area contributed by atoms with Gasteiger partial charge in [0.1, 0.15) is 5.75 Å². The first kappa shape index (κ1) is 18.6. The van der Waals surface area contributed by atoms with Crippen LogP contribution in [0, 0.1) is 11.3 Å². The van der Waals surface area contributed by atoms with Gasteiger partial charge in [-0.3, -0.25) is 0 Å². The fraction of sp³-hybridized carbons (Fsp3) is 0.350. The molecule has 2 aromatic rings. The van der Waals surface area contributed by atoms with Crippen molar-refractivity contribution in [2.24, 2.45) is 0 Å². The van der Waals surface area contributed by atoms with E-state index in [9.17, 15) is 0 Å². The highest BCUT2D eigenvalue weighted by molar-refractivity contribution is 6.39. The number of unbranched alkanes of at least 4 members (excludes halogenated alkanes) is 4. The van der Waals surface area contributed by atoms with Gasteiger partial charge in [-0.05, 0) is 36.2 Å². The number of benzene rings is 2. The average Bonchev–Trinajstić information content (AvgIpc) is 2.58. The van der Waals surface area contributed by atoms with Gasteiger partial charge in [-0.2, -0.15) is 5.26 Å². The third-order valence-electron chi connectivity index (χ3n) is 3.83. The smallest absolute Gasteiger partial charge is 0.119 e. The molecule has 0 spiro atoms. The summed E-state index contributed by atoms with van der Waals surface area (Å²) in [7, 11) is 0. The van der Waals surface area contributed by atoms with Crippen LogP contribution in [0.15, 0.2) is 36.4 Å². The number of halogens is 2. The summed E-state index contributed by atoms with van der Waals surface area (Å²) in [5.41, 5.74) is 2.10. The largest absolute Gasteiger partial charge is 0.494 e. The van der Waals surface area contributed by atoms with Crippen molar-refractivity contribution in [3.8, 4) is 22.9 Å². The Morgan fingerprint density at radius 1 is 0.958 bits per heavy atom.